The summed E-state index contributed by atoms with van der Waals surface area (Å²) in [5.41, 5.74) is 2.90. The number of hydrogen-bond donors (Lipinski definition) is 1. The van der Waals surface area contributed by atoms with E-state index in [1.54, 1.807) is 30.8 Å². The van der Waals surface area contributed by atoms with E-state index in [-0.39, 0.29) is 11.9 Å². The number of benzene rings is 1. The summed E-state index contributed by atoms with van der Waals surface area (Å²) in [7, 11) is 0. The molecule has 1 aliphatic rings. The molecule has 4 heterocycles. The molecule has 0 saturated carbocycles. The maximum absolute atomic E-state index is 13.4. The highest BCUT2D eigenvalue weighted by molar-refractivity contribution is 5.79. The summed E-state index contributed by atoms with van der Waals surface area (Å²) in [6.45, 7) is 1.48. The van der Waals surface area contributed by atoms with Gasteiger partial charge in [0.05, 0.1) is 11.8 Å². The lowest BCUT2D eigenvalue weighted by Gasteiger charge is -2.11. The van der Waals surface area contributed by atoms with Crippen LogP contribution in [-0.2, 0) is 4.74 Å². The van der Waals surface area contributed by atoms with Gasteiger partial charge < -0.3 is 14.5 Å². The smallest absolute Gasteiger partial charge is 0.306 e. The Morgan fingerprint density at radius 1 is 1.18 bits per heavy atom. The molecule has 0 bridgehead atoms. The molecule has 7 nitrogen and oxygen atoms in total. The molecule has 1 fully saturated rings. The second-order valence-corrected chi connectivity index (χ2v) is 6.65. The van der Waals surface area contributed by atoms with E-state index in [0.717, 1.165) is 30.7 Å². The number of fused-ring (bicyclic) bond motifs is 1. The molecule has 4 aromatic rings. The van der Waals surface area contributed by atoms with E-state index in [1.807, 2.05) is 10.5 Å². The van der Waals surface area contributed by atoms with Crippen molar-refractivity contribution >= 4 is 11.8 Å². The lowest BCUT2D eigenvalue weighted by Crippen LogP contribution is -2.19. The largest absolute Gasteiger partial charge is 0.432 e. The number of oxazole rings is 1. The Hall–Kier alpha value is -3.26. The summed E-state index contributed by atoms with van der Waals surface area (Å²) >= 11 is 0. The van der Waals surface area contributed by atoms with Gasteiger partial charge in [-0.1, -0.05) is 0 Å². The third-order valence-corrected chi connectivity index (χ3v) is 4.79. The van der Waals surface area contributed by atoms with Crippen LogP contribution < -0.4 is 5.32 Å². The van der Waals surface area contributed by atoms with Crippen LogP contribution in [0.4, 0.5) is 10.3 Å². The van der Waals surface area contributed by atoms with Crippen LogP contribution in [0, 0.1) is 5.82 Å². The number of rotatable bonds is 5. The second-order valence-electron chi connectivity index (χ2n) is 6.65. The predicted molar refractivity (Wildman–Crippen MR) is 101 cm³/mol. The lowest BCUT2D eigenvalue weighted by atomic mass is 10.1. The molecule has 5 rings (SSSR count). The highest BCUT2D eigenvalue weighted by Gasteiger charge is 2.20. The number of nitrogens with one attached hydrogen (secondary N) is 1. The molecule has 0 aliphatic carbocycles. The molecule has 8 heteroatoms. The minimum atomic E-state index is -0.296. The van der Waals surface area contributed by atoms with Crippen LogP contribution in [0.3, 0.4) is 0 Å². The Morgan fingerprint density at radius 2 is 2.07 bits per heavy atom. The molecule has 1 aromatic carbocycles. The Morgan fingerprint density at radius 3 is 2.89 bits per heavy atom. The van der Waals surface area contributed by atoms with Crippen LogP contribution in [0.2, 0.25) is 0 Å². The summed E-state index contributed by atoms with van der Waals surface area (Å²) in [6, 6.07) is 8.03. The van der Waals surface area contributed by atoms with Gasteiger partial charge in [0, 0.05) is 31.1 Å². The topological polar surface area (TPSA) is 77.5 Å². The molecular weight excluding hydrogens is 361 g/mol. The van der Waals surface area contributed by atoms with Crippen molar-refractivity contribution < 1.29 is 13.5 Å². The number of hydrogen-bond acceptors (Lipinski definition) is 6. The maximum Gasteiger partial charge on any atom is 0.306 e. The first kappa shape index (κ1) is 16.9. The number of aromatic nitrogens is 4. The molecule has 1 aliphatic heterocycles. The van der Waals surface area contributed by atoms with Gasteiger partial charge in [0.1, 0.15) is 23.5 Å². The van der Waals surface area contributed by atoms with Crippen molar-refractivity contribution in [3.63, 3.8) is 0 Å². The third-order valence-electron chi connectivity index (χ3n) is 4.79. The summed E-state index contributed by atoms with van der Waals surface area (Å²) in [6.07, 6.45) is 7.37. The molecule has 0 amide bonds. The molecule has 1 saturated heterocycles. The first-order valence-corrected chi connectivity index (χ1v) is 9.18. The van der Waals surface area contributed by atoms with Gasteiger partial charge in [-0.25, -0.2) is 14.4 Å². The molecule has 1 unspecified atom stereocenters. The van der Waals surface area contributed by atoms with Crippen molar-refractivity contribution in [2.75, 3.05) is 18.5 Å². The van der Waals surface area contributed by atoms with E-state index >= 15 is 0 Å². The number of imidazole rings is 1. The van der Waals surface area contributed by atoms with Crippen LogP contribution in [-0.4, -0.2) is 38.6 Å². The van der Waals surface area contributed by atoms with Crippen molar-refractivity contribution in [3.05, 3.63) is 54.8 Å². The average molecular weight is 379 g/mol. The molecule has 3 aromatic heterocycles. The van der Waals surface area contributed by atoms with E-state index in [1.165, 1.54) is 12.1 Å². The van der Waals surface area contributed by atoms with Gasteiger partial charge in [-0.2, -0.15) is 4.98 Å². The number of halogens is 1. The van der Waals surface area contributed by atoms with E-state index in [2.05, 4.69) is 20.3 Å². The van der Waals surface area contributed by atoms with Crippen molar-refractivity contribution in [1.82, 2.24) is 19.4 Å². The number of anilines is 1. The molecule has 28 heavy (non-hydrogen) atoms. The summed E-state index contributed by atoms with van der Waals surface area (Å²) < 4.78 is 26.3. The van der Waals surface area contributed by atoms with Crippen molar-refractivity contribution in [1.29, 1.82) is 0 Å². The quantitative estimate of drug-likeness (QED) is 0.569. The fraction of sp³-hybridized carbons (Fsp3) is 0.250. The zero-order chi connectivity index (χ0) is 18.9. The highest BCUT2D eigenvalue weighted by atomic mass is 19.1. The monoisotopic (exact) mass is 379 g/mol. The SMILES string of the molecule is Fc1ccc(-c2nc3occn3c2-c2ccnc(NCC3CCCO3)n2)cc1. The van der Waals surface area contributed by atoms with Gasteiger partial charge >= 0.3 is 5.84 Å². The standard InChI is InChI=1S/C20H18FN5O2/c21-14-5-3-13(4-6-14)17-18(26-9-11-28-20(26)25-17)16-7-8-22-19(24-16)23-12-15-2-1-10-27-15/h3-9,11,15H,1-2,10,12H2,(H,22,23,24). The molecule has 1 N–H and O–H groups in total. The first-order valence-electron chi connectivity index (χ1n) is 9.18. The number of ether oxygens (including phenoxy) is 1. The van der Waals surface area contributed by atoms with E-state index in [9.17, 15) is 4.39 Å². The van der Waals surface area contributed by atoms with Crippen LogP contribution in [0.25, 0.3) is 28.5 Å². The van der Waals surface area contributed by atoms with Crippen molar-refractivity contribution in [3.8, 4) is 22.6 Å². The molecule has 142 valence electrons. The second kappa shape index (κ2) is 7.05. The normalized spacial score (nSPS) is 16.7. The van der Waals surface area contributed by atoms with E-state index in [0.29, 0.717) is 29.7 Å². The van der Waals surface area contributed by atoms with Gasteiger partial charge in [-0.3, -0.25) is 4.40 Å². The maximum atomic E-state index is 13.4. The van der Waals surface area contributed by atoms with Crippen molar-refractivity contribution in [2.24, 2.45) is 0 Å². The van der Waals surface area contributed by atoms with Gasteiger partial charge in [0.15, 0.2) is 0 Å². The fourth-order valence-corrected chi connectivity index (χ4v) is 3.43. The number of nitrogens with zero attached hydrogens (tertiary/aromatic N) is 4. The zero-order valence-electron chi connectivity index (χ0n) is 15.0. The highest BCUT2D eigenvalue weighted by Crippen LogP contribution is 2.32. The summed E-state index contributed by atoms with van der Waals surface area (Å²) in [5, 5.41) is 3.25. The van der Waals surface area contributed by atoms with Crippen LogP contribution >= 0.6 is 0 Å². The van der Waals surface area contributed by atoms with Gasteiger partial charge in [0.25, 0.3) is 0 Å². The van der Waals surface area contributed by atoms with Crippen LogP contribution in [0.1, 0.15) is 12.8 Å². The Balaban J connectivity index is 1.53. The molecule has 0 spiro atoms. The Kier molecular flexibility index (Phi) is 4.25. The van der Waals surface area contributed by atoms with Gasteiger partial charge in [-0.05, 0) is 43.2 Å². The van der Waals surface area contributed by atoms with E-state index < -0.39 is 0 Å². The Bertz CT molecular complexity index is 1100. The van der Waals surface area contributed by atoms with Crippen LogP contribution in [0.5, 0.6) is 0 Å². The third kappa shape index (κ3) is 3.11. The van der Waals surface area contributed by atoms with E-state index in [4.69, 9.17) is 9.15 Å². The van der Waals surface area contributed by atoms with Gasteiger partial charge in [0.2, 0.25) is 5.95 Å². The van der Waals surface area contributed by atoms with Gasteiger partial charge in [-0.15, -0.1) is 0 Å². The van der Waals surface area contributed by atoms with Crippen LogP contribution in [0.15, 0.2) is 53.4 Å². The first-order chi connectivity index (χ1) is 13.8. The van der Waals surface area contributed by atoms with Crippen molar-refractivity contribution in [2.45, 2.75) is 18.9 Å². The minimum Gasteiger partial charge on any atom is -0.432 e. The summed E-state index contributed by atoms with van der Waals surface area (Å²) in [5.74, 6) is 0.675. The fourth-order valence-electron chi connectivity index (χ4n) is 3.43. The minimum absolute atomic E-state index is 0.192. The zero-order valence-corrected chi connectivity index (χ0v) is 15.0. The molecule has 1 atom stereocenters. The predicted octanol–water partition coefficient (Wildman–Crippen LogP) is 3.78. The lowest BCUT2D eigenvalue weighted by molar-refractivity contribution is 0.120. The average Bonchev–Trinajstić information content (AvgIpc) is 3.44. The Labute approximate surface area is 160 Å². The molecule has 0 radical (unpaired) electrons. The summed E-state index contributed by atoms with van der Waals surface area (Å²) in [4.78, 5) is 13.5. The molecular formula is C20H18FN5O2.